The van der Waals surface area contributed by atoms with Gasteiger partial charge in [0.2, 0.25) is 0 Å². The molecule has 27 heavy (non-hydrogen) atoms. The molecule has 3 rings (SSSR count). The highest BCUT2D eigenvalue weighted by Crippen LogP contribution is 2.26. The van der Waals surface area contributed by atoms with Crippen LogP contribution in [0, 0.1) is 5.92 Å². The van der Waals surface area contributed by atoms with E-state index in [1.165, 1.54) is 42.4 Å². The summed E-state index contributed by atoms with van der Waals surface area (Å²) < 4.78 is 10.5. The molecule has 0 spiro atoms. The predicted octanol–water partition coefficient (Wildman–Crippen LogP) is 2.99. The molecule has 2 aliphatic rings. The minimum Gasteiger partial charge on any atom is -0.497 e. The van der Waals surface area contributed by atoms with Crippen molar-refractivity contribution >= 4 is 29.4 Å². The number of amides is 1. The molecule has 2 heterocycles. The summed E-state index contributed by atoms with van der Waals surface area (Å²) in [5.41, 5.74) is 0.579. The van der Waals surface area contributed by atoms with E-state index in [-0.39, 0.29) is 5.91 Å². The second kappa shape index (κ2) is 10.5. The average Bonchev–Trinajstić information content (AvgIpc) is 3.01. The fourth-order valence-corrected chi connectivity index (χ4v) is 6.32. The van der Waals surface area contributed by atoms with E-state index in [9.17, 15) is 4.79 Å². The molecule has 5 nitrogen and oxygen atoms in total. The van der Waals surface area contributed by atoms with Gasteiger partial charge in [0, 0.05) is 53.8 Å². The Morgan fingerprint density at radius 1 is 1.15 bits per heavy atom. The third-order valence-corrected chi connectivity index (χ3v) is 7.71. The number of thioether (sulfide) groups is 2. The van der Waals surface area contributed by atoms with Crippen LogP contribution in [0.15, 0.2) is 18.2 Å². The van der Waals surface area contributed by atoms with Gasteiger partial charge in [-0.2, -0.15) is 23.5 Å². The van der Waals surface area contributed by atoms with E-state index in [1.54, 1.807) is 32.4 Å². The summed E-state index contributed by atoms with van der Waals surface area (Å²) in [6, 6.07) is 5.97. The molecule has 1 aromatic carbocycles. The predicted molar refractivity (Wildman–Crippen MR) is 115 cm³/mol. The lowest BCUT2D eigenvalue weighted by atomic mass is 9.97. The molecule has 0 aliphatic carbocycles. The van der Waals surface area contributed by atoms with Gasteiger partial charge in [-0.1, -0.05) is 0 Å². The Labute approximate surface area is 170 Å². The summed E-state index contributed by atoms with van der Waals surface area (Å²) in [6.45, 7) is 3.01. The minimum absolute atomic E-state index is 0.0649. The van der Waals surface area contributed by atoms with Gasteiger partial charge in [0.25, 0.3) is 5.91 Å². The Morgan fingerprint density at radius 3 is 2.44 bits per heavy atom. The Morgan fingerprint density at radius 2 is 1.81 bits per heavy atom. The first-order valence-electron chi connectivity index (χ1n) is 9.60. The molecular formula is C20H30N2O3S2. The van der Waals surface area contributed by atoms with Crippen molar-refractivity contribution in [3.63, 3.8) is 0 Å². The van der Waals surface area contributed by atoms with Crippen LogP contribution in [-0.4, -0.2) is 73.7 Å². The number of nitrogens with zero attached hydrogens (tertiary/aromatic N) is 1. The van der Waals surface area contributed by atoms with Crippen LogP contribution in [-0.2, 0) is 0 Å². The zero-order valence-electron chi connectivity index (χ0n) is 16.2. The van der Waals surface area contributed by atoms with Crippen molar-refractivity contribution in [2.75, 3.05) is 56.9 Å². The lowest BCUT2D eigenvalue weighted by Gasteiger charge is -2.37. The fraction of sp³-hybridized carbons (Fsp3) is 0.650. The van der Waals surface area contributed by atoms with Crippen LogP contribution in [0.4, 0.5) is 0 Å². The van der Waals surface area contributed by atoms with E-state index in [2.05, 4.69) is 33.7 Å². The first-order valence-corrected chi connectivity index (χ1v) is 11.9. The summed E-state index contributed by atoms with van der Waals surface area (Å²) in [7, 11) is 3.19. The monoisotopic (exact) mass is 410 g/mol. The maximum absolute atomic E-state index is 12.6. The summed E-state index contributed by atoms with van der Waals surface area (Å²) in [5.74, 6) is 6.76. The second-order valence-electron chi connectivity index (χ2n) is 7.12. The number of nitrogens with one attached hydrogen (secondary N) is 1. The lowest BCUT2D eigenvalue weighted by molar-refractivity contribution is 0.0923. The highest BCUT2D eigenvalue weighted by atomic mass is 32.2. The van der Waals surface area contributed by atoms with E-state index in [0.29, 0.717) is 29.0 Å². The van der Waals surface area contributed by atoms with Crippen LogP contribution < -0.4 is 14.8 Å². The number of carbonyl (C=O) groups excluding carboxylic acids is 1. The van der Waals surface area contributed by atoms with Crippen molar-refractivity contribution in [3.8, 4) is 11.5 Å². The molecule has 2 saturated heterocycles. The van der Waals surface area contributed by atoms with Crippen molar-refractivity contribution in [2.45, 2.75) is 18.9 Å². The van der Waals surface area contributed by atoms with Crippen LogP contribution in [0.5, 0.6) is 11.5 Å². The number of hydrogen-bond acceptors (Lipinski definition) is 6. The molecule has 0 bridgehead atoms. The molecule has 1 N–H and O–H groups in total. The van der Waals surface area contributed by atoms with Crippen molar-refractivity contribution in [2.24, 2.45) is 5.92 Å². The van der Waals surface area contributed by atoms with Gasteiger partial charge in [-0.3, -0.25) is 9.69 Å². The van der Waals surface area contributed by atoms with E-state index in [1.807, 2.05) is 0 Å². The van der Waals surface area contributed by atoms with Crippen LogP contribution >= 0.6 is 23.5 Å². The summed E-state index contributed by atoms with van der Waals surface area (Å²) in [5, 5.41) is 3.12. The van der Waals surface area contributed by atoms with Gasteiger partial charge in [-0.25, -0.2) is 0 Å². The van der Waals surface area contributed by atoms with Gasteiger partial charge in [-0.15, -0.1) is 0 Å². The van der Waals surface area contributed by atoms with Crippen molar-refractivity contribution < 1.29 is 14.3 Å². The Kier molecular flexibility index (Phi) is 8.03. The number of piperidine rings is 1. The lowest BCUT2D eigenvalue weighted by Crippen LogP contribution is -2.47. The number of likely N-dealkylation sites (tertiary alicyclic amines) is 1. The first kappa shape index (κ1) is 20.7. The molecule has 2 fully saturated rings. The van der Waals surface area contributed by atoms with Gasteiger partial charge in [0.15, 0.2) is 0 Å². The van der Waals surface area contributed by atoms with Crippen molar-refractivity contribution in [1.29, 1.82) is 0 Å². The average molecular weight is 411 g/mol. The van der Waals surface area contributed by atoms with Gasteiger partial charge >= 0.3 is 0 Å². The van der Waals surface area contributed by atoms with Crippen LogP contribution in [0.1, 0.15) is 23.2 Å². The van der Waals surface area contributed by atoms with Crippen molar-refractivity contribution in [3.05, 3.63) is 23.8 Å². The zero-order chi connectivity index (χ0) is 19.1. The molecule has 1 amide bonds. The third kappa shape index (κ3) is 5.96. The van der Waals surface area contributed by atoms with Gasteiger partial charge in [0.1, 0.15) is 11.5 Å². The highest BCUT2D eigenvalue weighted by Gasteiger charge is 2.27. The minimum atomic E-state index is -0.0649. The van der Waals surface area contributed by atoms with Gasteiger partial charge in [-0.05, 0) is 37.4 Å². The topological polar surface area (TPSA) is 50.8 Å². The fourth-order valence-electron chi connectivity index (χ4n) is 3.69. The molecule has 7 heteroatoms. The van der Waals surface area contributed by atoms with Gasteiger partial charge in [0.05, 0.1) is 14.2 Å². The van der Waals surface area contributed by atoms with Crippen molar-refractivity contribution in [1.82, 2.24) is 10.2 Å². The SMILES string of the molecule is COc1cc(OC)cc(C(=O)NCC2CCCN(C3CSCCSC3)C2)c1. The smallest absolute Gasteiger partial charge is 0.251 e. The largest absolute Gasteiger partial charge is 0.497 e. The first-order chi connectivity index (χ1) is 13.2. The number of methoxy groups -OCH3 is 2. The molecular weight excluding hydrogens is 380 g/mol. The third-order valence-electron chi connectivity index (χ3n) is 5.22. The Bertz CT molecular complexity index is 599. The zero-order valence-corrected chi connectivity index (χ0v) is 17.9. The molecule has 1 unspecified atom stereocenters. The number of benzene rings is 1. The van der Waals surface area contributed by atoms with Crippen LogP contribution in [0.25, 0.3) is 0 Å². The number of ether oxygens (including phenoxy) is 2. The Balaban J connectivity index is 1.53. The maximum Gasteiger partial charge on any atom is 0.251 e. The van der Waals surface area contributed by atoms with E-state index >= 15 is 0 Å². The summed E-state index contributed by atoms with van der Waals surface area (Å²) in [4.78, 5) is 15.3. The standard InChI is InChI=1S/C20H30N2O3S2/c1-24-18-8-16(9-19(10-18)25-2)20(23)21-11-15-4-3-5-22(12-15)17-13-26-6-7-27-14-17/h8-10,15,17H,3-7,11-14H2,1-2H3,(H,21,23). The summed E-state index contributed by atoms with van der Waals surface area (Å²) >= 11 is 4.17. The molecule has 2 aliphatic heterocycles. The molecule has 1 aromatic rings. The quantitative estimate of drug-likeness (QED) is 0.778. The molecule has 0 radical (unpaired) electrons. The second-order valence-corrected chi connectivity index (χ2v) is 9.42. The van der Waals surface area contributed by atoms with E-state index in [0.717, 1.165) is 13.1 Å². The molecule has 1 atom stereocenters. The number of hydrogen-bond donors (Lipinski definition) is 1. The maximum atomic E-state index is 12.6. The molecule has 0 aromatic heterocycles. The Hall–Kier alpha value is -1.05. The molecule has 0 saturated carbocycles. The normalized spacial score (nSPS) is 22.1. The number of rotatable bonds is 6. The van der Waals surface area contributed by atoms with Crippen LogP contribution in [0.2, 0.25) is 0 Å². The summed E-state index contributed by atoms with van der Waals surface area (Å²) in [6.07, 6.45) is 2.41. The number of carbonyl (C=O) groups is 1. The molecule has 150 valence electrons. The van der Waals surface area contributed by atoms with Gasteiger partial charge < -0.3 is 14.8 Å². The highest BCUT2D eigenvalue weighted by molar-refractivity contribution is 8.03. The van der Waals surface area contributed by atoms with E-state index in [4.69, 9.17) is 9.47 Å². The van der Waals surface area contributed by atoms with Crippen LogP contribution in [0.3, 0.4) is 0 Å². The van der Waals surface area contributed by atoms with E-state index < -0.39 is 0 Å².